The molecule has 0 bridgehead atoms. The van der Waals surface area contributed by atoms with Crippen LogP contribution in [0.2, 0.25) is 5.02 Å². The van der Waals surface area contributed by atoms with Crippen LogP contribution >= 0.6 is 11.6 Å². The van der Waals surface area contributed by atoms with Crippen molar-refractivity contribution < 1.29 is 19.0 Å². The summed E-state index contributed by atoms with van der Waals surface area (Å²) in [6.45, 7) is 2.03. The summed E-state index contributed by atoms with van der Waals surface area (Å²) in [4.78, 5) is 10.5. The van der Waals surface area contributed by atoms with Crippen LogP contribution in [0.1, 0.15) is 24.5 Å². The van der Waals surface area contributed by atoms with Gasteiger partial charge >= 0.3 is 6.09 Å². The van der Waals surface area contributed by atoms with Crippen LogP contribution in [0.15, 0.2) is 18.2 Å². The van der Waals surface area contributed by atoms with Crippen LogP contribution in [0.4, 0.5) is 9.18 Å². The van der Waals surface area contributed by atoms with Gasteiger partial charge in [0.25, 0.3) is 0 Å². The lowest BCUT2D eigenvalue weighted by molar-refractivity contribution is 0.00278. The number of piperidine rings is 1. The van der Waals surface area contributed by atoms with Gasteiger partial charge in [-0.25, -0.2) is 9.18 Å². The first kappa shape index (κ1) is 17.0. The molecule has 1 amide bonds. The van der Waals surface area contributed by atoms with Gasteiger partial charge in [0.15, 0.2) is 0 Å². The molecule has 1 saturated heterocycles. The molecule has 7 heteroatoms. The predicted molar refractivity (Wildman–Crippen MR) is 81.7 cm³/mol. The highest BCUT2D eigenvalue weighted by Crippen LogP contribution is 2.34. The van der Waals surface area contributed by atoms with Gasteiger partial charge in [-0.05, 0) is 25.5 Å². The minimum atomic E-state index is -1.10. The van der Waals surface area contributed by atoms with Crippen molar-refractivity contribution in [3.8, 4) is 0 Å². The smallest absolute Gasteiger partial charge is 0.404 e. The van der Waals surface area contributed by atoms with Crippen LogP contribution in [-0.4, -0.2) is 37.4 Å². The second-order valence-electron chi connectivity index (χ2n) is 5.27. The molecule has 0 aliphatic carbocycles. The molecule has 22 heavy (non-hydrogen) atoms. The van der Waals surface area contributed by atoms with Crippen molar-refractivity contribution in [2.24, 2.45) is 5.92 Å². The largest absolute Gasteiger partial charge is 0.465 e. The molecule has 1 aromatic rings. The Morgan fingerprint density at radius 2 is 2.41 bits per heavy atom. The molecule has 5 nitrogen and oxygen atoms in total. The Balaban J connectivity index is 2.10. The van der Waals surface area contributed by atoms with Crippen molar-refractivity contribution in [1.82, 2.24) is 10.6 Å². The Bertz CT molecular complexity index is 510. The van der Waals surface area contributed by atoms with Crippen molar-refractivity contribution in [3.05, 3.63) is 34.6 Å². The van der Waals surface area contributed by atoms with E-state index in [2.05, 4.69) is 10.6 Å². The zero-order chi connectivity index (χ0) is 15.9. The lowest BCUT2D eigenvalue weighted by Crippen LogP contribution is -2.35. The topological polar surface area (TPSA) is 70.6 Å². The van der Waals surface area contributed by atoms with Crippen molar-refractivity contribution in [2.75, 3.05) is 26.2 Å². The van der Waals surface area contributed by atoms with Gasteiger partial charge in [0, 0.05) is 24.6 Å². The van der Waals surface area contributed by atoms with E-state index in [9.17, 15) is 9.18 Å². The molecule has 2 rings (SSSR count). The average Bonchev–Trinajstić information content (AvgIpc) is 2.51. The molecule has 0 radical (unpaired) electrons. The van der Waals surface area contributed by atoms with E-state index in [1.807, 2.05) is 0 Å². The number of halogens is 2. The summed E-state index contributed by atoms with van der Waals surface area (Å²) in [5.41, 5.74) is 0.427. The predicted octanol–water partition coefficient (Wildman–Crippen LogP) is 2.80. The van der Waals surface area contributed by atoms with Gasteiger partial charge in [-0.15, -0.1) is 0 Å². The molecule has 1 aliphatic heterocycles. The number of benzene rings is 1. The van der Waals surface area contributed by atoms with E-state index in [1.54, 1.807) is 12.1 Å². The number of carboxylic acid groups (broad SMARTS) is 1. The quantitative estimate of drug-likeness (QED) is 0.701. The average molecular weight is 331 g/mol. The summed E-state index contributed by atoms with van der Waals surface area (Å²) in [6.07, 6.45) is 0.381. The molecule has 1 aliphatic rings. The Labute approximate surface area is 133 Å². The van der Waals surface area contributed by atoms with Gasteiger partial charge in [0.05, 0.1) is 17.7 Å². The van der Waals surface area contributed by atoms with Crippen LogP contribution in [0.25, 0.3) is 0 Å². The Morgan fingerprint density at radius 3 is 3.09 bits per heavy atom. The second-order valence-corrected chi connectivity index (χ2v) is 5.68. The molecule has 1 aromatic carbocycles. The maximum absolute atomic E-state index is 14.3. The molecule has 122 valence electrons. The summed E-state index contributed by atoms with van der Waals surface area (Å²) in [5, 5.41) is 14.2. The van der Waals surface area contributed by atoms with E-state index in [-0.39, 0.29) is 24.1 Å². The van der Waals surface area contributed by atoms with E-state index in [4.69, 9.17) is 21.4 Å². The van der Waals surface area contributed by atoms with Crippen LogP contribution in [-0.2, 0) is 4.74 Å². The third-order valence-corrected chi connectivity index (χ3v) is 4.02. The normalized spacial score (nSPS) is 19.6. The molecule has 2 atom stereocenters. The van der Waals surface area contributed by atoms with Crippen LogP contribution in [0.5, 0.6) is 0 Å². The highest BCUT2D eigenvalue weighted by atomic mass is 35.5. The van der Waals surface area contributed by atoms with Crippen molar-refractivity contribution in [1.29, 1.82) is 0 Å². The minimum absolute atomic E-state index is 0.0681. The fourth-order valence-corrected chi connectivity index (χ4v) is 2.88. The van der Waals surface area contributed by atoms with E-state index < -0.39 is 18.0 Å². The van der Waals surface area contributed by atoms with Gasteiger partial charge in [-0.3, -0.25) is 0 Å². The molecular formula is C15H20ClFN2O3. The van der Waals surface area contributed by atoms with Gasteiger partial charge in [-0.1, -0.05) is 23.7 Å². The number of nitrogens with one attached hydrogen (secondary N) is 2. The van der Waals surface area contributed by atoms with E-state index in [0.29, 0.717) is 5.56 Å². The van der Waals surface area contributed by atoms with Crippen molar-refractivity contribution in [3.63, 3.8) is 0 Å². The molecule has 0 spiro atoms. The van der Waals surface area contributed by atoms with Gasteiger partial charge in [-0.2, -0.15) is 0 Å². The number of rotatable bonds is 6. The summed E-state index contributed by atoms with van der Waals surface area (Å²) in [6, 6.07) is 4.87. The van der Waals surface area contributed by atoms with Gasteiger partial charge in [0.2, 0.25) is 0 Å². The highest BCUT2D eigenvalue weighted by molar-refractivity contribution is 6.30. The summed E-state index contributed by atoms with van der Waals surface area (Å²) in [7, 11) is 0. The van der Waals surface area contributed by atoms with Crippen LogP contribution in [0.3, 0.4) is 0 Å². The molecule has 1 heterocycles. The Morgan fingerprint density at radius 1 is 1.59 bits per heavy atom. The lowest BCUT2D eigenvalue weighted by Gasteiger charge is -2.31. The highest BCUT2D eigenvalue weighted by Gasteiger charge is 2.28. The Kier molecular flexibility index (Phi) is 6.42. The van der Waals surface area contributed by atoms with E-state index >= 15 is 0 Å². The van der Waals surface area contributed by atoms with Gasteiger partial charge < -0.3 is 20.5 Å². The molecular weight excluding hydrogens is 311 g/mol. The number of hydrogen-bond acceptors (Lipinski definition) is 3. The first-order valence-corrected chi connectivity index (χ1v) is 7.70. The monoisotopic (exact) mass is 330 g/mol. The first-order valence-electron chi connectivity index (χ1n) is 7.32. The van der Waals surface area contributed by atoms with E-state index in [1.165, 1.54) is 6.07 Å². The van der Waals surface area contributed by atoms with E-state index in [0.717, 1.165) is 25.9 Å². The zero-order valence-electron chi connectivity index (χ0n) is 12.1. The minimum Gasteiger partial charge on any atom is -0.465 e. The molecule has 0 saturated carbocycles. The third-order valence-electron chi connectivity index (χ3n) is 3.73. The number of amides is 1. The summed E-state index contributed by atoms with van der Waals surface area (Å²) in [5.74, 6) is -0.336. The first-order chi connectivity index (χ1) is 10.6. The van der Waals surface area contributed by atoms with Crippen molar-refractivity contribution in [2.45, 2.75) is 18.9 Å². The van der Waals surface area contributed by atoms with Crippen LogP contribution in [0, 0.1) is 11.7 Å². The van der Waals surface area contributed by atoms with Crippen LogP contribution < -0.4 is 10.6 Å². The number of carbonyl (C=O) groups is 1. The molecule has 0 aromatic heterocycles. The second kappa shape index (κ2) is 8.31. The number of ether oxygens (including phenoxy) is 1. The molecule has 3 N–H and O–H groups in total. The summed E-state index contributed by atoms with van der Waals surface area (Å²) >= 11 is 5.86. The standard InChI is InChI=1S/C15H20ClFN2O3/c16-12-5-1-4-11(13(12)17)14(10-3-2-6-18-9-10)22-8-7-19-15(20)21/h1,4-5,10,14,18-19H,2-3,6-9H2,(H,20,21)/t10?,14-/m1/s1. The fourth-order valence-electron chi connectivity index (χ4n) is 2.70. The molecule has 1 fully saturated rings. The zero-order valence-corrected chi connectivity index (χ0v) is 12.9. The lowest BCUT2D eigenvalue weighted by atomic mass is 9.89. The summed E-state index contributed by atoms with van der Waals surface area (Å²) < 4.78 is 20.1. The maximum atomic E-state index is 14.3. The van der Waals surface area contributed by atoms with Crippen molar-refractivity contribution >= 4 is 17.7 Å². The fraction of sp³-hybridized carbons (Fsp3) is 0.533. The SMILES string of the molecule is O=C(O)NCCO[C@@H](c1cccc(Cl)c1F)C1CCCNC1. The Hall–Kier alpha value is -1.37. The maximum Gasteiger partial charge on any atom is 0.404 e. The number of hydrogen-bond donors (Lipinski definition) is 3. The molecule has 1 unspecified atom stereocenters. The third kappa shape index (κ3) is 4.56. The van der Waals surface area contributed by atoms with Gasteiger partial charge in [0.1, 0.15) is 5.82 Å².